The Morgan fingerprint density at radius 3 is 2.36 bits per heavy atom. The Balaban J connectivity index is 2.50. The zero-order valence-corrected chi connectivity index (χ0v) is 12.3. The van der Waals surface area contributed by atoms with Crippen LogP contribution in [0.4, 0.5) is 0 Å². The maximum atomic E-state index is 11.4. The highest BCUT2D eigenvalue weighted by Gasteiger charge is 2.36. The van der Waals surface area contributed by atoms with Crippen LogP contribution in [0.5, 0.6) is 0 Å². The summed E-state index contributed by atoms with van der Waals surface area (Å²) in [6.07, 6.45) is 0. The number of rotatable bonds is 3. The van der Waals surface area contributed by atoms with Crippen LogP contribution in [0, 0.1) is 11.3 Å². The molecule has 2 atom stereocenters. The highest BCUT2D eigenvalue weighted by Crippen LogP contribution is 2.28. The van der Waals surface area contributed by atoms with Crippen molar-refractivity contribution in [3.63, 3.8) is 0 Å². The van der Waals surface area contributed by atoms with Gasteiger partial charge < -0.3 is 10.4 Å². The Morgan fingerprint density at radius 2 is 1.91 bits per heavy atom. The Hall–Kier alpha value is -2.41. The molecule has 0 spiro atoms. The van der Waals surface area contributed by atoms with E-state index < -0.39 is 27.6 Å². The van der Waals surface area contributed by atoms with Gasteiger partial charge in [0.1, 0.15) is 0 Å². The van der Waals surface area contributed by atoms with E-state index >= 15 is 0 Å². The van der Waals surface area contributed by atoms with Gasteiger partial charge in [-0.15, -0.1) is 0 Å². The molecule has 1 aromatic carbocycles. The van der Waals surface area contributed by atoms with Gasteiger partial charge in [0.25, 0.3) is 10.1 Å². The Bertz CT molecular complexity index is 777. The topological polar surface area (TPSA) is 140 Å². The van der Waals surface area contributed by atoms with Gasteiger partial charge in [-0.3, -0.25) is 9.87 Å². The molecule has 1 aromatic rings. The minimum Gasteiger partial charge on any atom is -0.478 e. The van der Waals surface area contributed by atoms with Gasteiger partial charge in [-0.25, -0.2) is 4.79 Å². The highest BCUT2D eigenvalue weighted by molar-refractivity contribution is 7.86. The molecule has 22 heavy (non-hydrogen) atoms. The number of nitriles is 1. The average Bonchev–Trinajstić information content (AvgIpc) is 2.45. The van der Waals surface area contributed by atoms with Gasteiger partial charge in [0, 0.05) is 5.70 Å². The molecule has 0 aliphatic carbocycles. The molecule has 0 radical (unpaired) electrons. The van der Waals surface area contributed by atoms with Crippen molar-refractivity contribution in [3.8, 4) is 6.07 Å². The average molecular weight is 323 g/mol. The first-order valence-electron chi connectivity index (χ1n) is 6.17. The lowest BCUT2D eigenvalue weighted by Gasteiger charge is -2.32. The third kappa shape index (κ3) is 3.09. The summed E-state index contributed by atoms with van der Waals surface area (Å²) in [5.41, 5.74) is -0.600. The van der Waals surface area contributed by atoms with Crippen LogP contribution >= 0.6 is 0 Å². The molecule has 1 heterocycles. The zero-order valence-electron chi connectivity index (χ0n) is 11.4. The molecule has 2 unspecified atom stereocenters. The molecule has 0 saturated heterocycles. The van der Waals surface area contributed by atoms with E-state index in [2.05, 4.69) is 10.6 Å². The Morgan fingerprint density at radius 1 is 1.32 bits per heavy atom. The van der Waals surface area contributed by atoms with Gasteiger partial charge in [-0.05, 0) is 24.6 Å². The van der Waals surface area contributed by atoms with Gasteiger partial charge in [0.05, 0.1) is 23.2 Å². The predicted octanol–water partition coefficient (Wildman–Crippen LogP) is 0.322. The molecule has 4 N–H and O–H groups in total. The van der Waals surface area contributed by atoms with E-state index in [1.54, 1.807) is 0 Å². The number of carboxylic acid groups (broad SMARTS) is 1. The van der Waals surface area contributed by atoms with Crippen LogP contribution in [0.1, 0.15) is 24.1 Å². The van der Waals surface area contributed by atoms with Gasteiger partial charge in [-0.2, -0.15) is 13.7 Å². The number of allylic oxidation sites excluding steroid dienone is 1. The van der Waals surface area contributed by atoms with Gasteiger partial charge in [-0.1, -0.05) is 12.1 Å². The molecule has 0 aromatic heterocycles. The number of nitrogens with one attached hydrogen (secondary N) is 2. The first kappa shape index (κ1) is 16.0. The number of aliphatic carboxylic acids is 1. The fourth-order valence-corrected chi connectivity index (χ4v) is 2.86. The van der Waals surface area contributed by atoms with Gasteiger partial charge in [0.2, 0.25) is 5.50 Å². The molecular formula is C13H13N3O5S. The van der Waals surface area contributed by atoms with Crippen molar-refractivity contribution in [1.29, 1.82) is 5.26 Å². The third-order valence-electron chi connectivity index (χ3n) is 3.26. The van der Waals surface area contributed by atoms with Crippen LogP contribution in [0.15, 0.2) is 35.5 Å². The number of carbonyl (C=O) groups is 1. The summed E-state index contributed by atoms with van der Waals surface area (Å²) < 4.78 is 31.8. The van der Waals surface area contributed by atoms with Crippen molar-refractivity contribution in [3.05, 3.63) is 46.7 Å². The molecule has 0 fully saturated rings. The third-order valence-corrected chi connectivity index (χ3v) is 4.11. The summed E-state index contributed by atoms with van der Waals surface area (Å²) in [7, 11) is -4.46. The molecule has 2 rings (SSSR count). The van der Waals surface area contributed by atoms with Crippen molar-refractivity contribution < 1.29 is 22.9 Å². The SMILES string of the molecule is CC1=C(C(=O)O)C(c2ccc(C#N)cc2)NC(S(=O)(=O)O)N1. The number of hydrogen-bond acceptors (Lipinski definition) is 6. The maximum absolute atomic E-state index is 11.4. The molecule has 1 aliphatic heterocycles. The van der Waals surface area contributed by atoms with E-state index in [0.717, 1.165) is 0 Å². The van der Waals surface area contributed by atoms with Gasteiger partial charge >= 0.3 is 5.97 Å². The second kappa shape index (κ2) is 5.76. The van der Waals surface area contributed by atoms with E-state index in [1.807, 2.05) is 6.07 Å². The first-order chi connectivity index (χ1) is 10.2. The lowest BCUT2D eigenvalue weighted by atomic mass is 9.95. The van der Waals surface area contributed by atoms with E-state index in [4.69, 9.17) is 9.81 Å². The van der Waals surface area contributed by atoms with Crippen LogP contribution in [0.2, 0.25) is 0 Å². The minimum absolute atomic E-state index is 0.0652. The van der Waals surface area contributed by atoms with Crippen LogP contribution < -0.4 is 10.6 Å². The molecule has 0 bridgehead atoms. The standard InChI is InChI=1S/C13H13N3O5S/c1-7-10(12(17)18)11(16-13(15-7)22(19,20)21)9-4-2-8(6-14)3-5-9/h2-5,11,13,15-16H,1H3,(H,17,18)(H,19,20,21). The minimum atomic E-state index is -4.46. The first-order valence-corrected chi connectivity index (χ1v) is 7.67. The van der Waals surface area contributed by atoms with Crippen LogP contribution in [0.25, 0.3) is 0 Å². The van der Waals surface area contributed by atoms with Crippen LogP contribution in [-0.2, 0) is 14.9 Å². The summed E-state index contributed by atoms with van der Waals surface area (Å²) in [4.78, 5) is 11.4. The summed E-state index contributed by atoms with van der Waals surface area (Å²) in [6.45, 7) is 1.42. The summed E-state index contributed by atoms with van der Waals surface area (Å²) >= 11 is 0. The number of benzene rings is 1. The van der Waals surface area contributed by atoms with Crippen molar-refractivity contribution in [2.75, 3.05) is 0 Å². The van der Waals surface area contributed by atoms with E-state index in [-0.39, 0.29) is 11.3 Å². The van der Waals surface area contributed by atoms with Crippen molar-refractivity contribution >= 4 is 16.1 Å². The largest absolute Gasteiger partial charge is 0.478 e. The number of carboxylic acids is 1. The zero-order chi connectivity index (χ0) is 16.5. The summed E-state index contributed by atoms with van der Waals surface area (Å²) in [5.74, 6) is -1.22. The lowest BCUT2D eigenvalue weighted by Crippen LogP contribution is -2.53. The summed E-state index contributed by atoms with van der Waals surface area (Å²) in [6, 6.07) is 7.04. The van der Waals surface area contributed by atoms with Gasteiger partial charge in [0.15, 0.2) is 0 Å². The molecule has 0 amide bonds. The lowest BCUT2D eigenvalue weighted by molar-refractivity contribution is -0.133. The van der Waals surface area contributed by atoms with E-state index in [0.29, 0.717) is 11.1 Å². The van der Waals surface area contributed by atoms with Crippen LogP contribution in [0.3, 0.4) is 0 Å². The Labute approximate surface area is 126 Å². The smallest absolute Gasteiger partial charge is 0.335 e. The fourth-order valence-electron chi connectivity index (χ4n) is 2.22. The highest BCUT2D eigenvalue weighted by atomic mass is 32.2. The van der Waals surface area contributed by atoms with Crippen molar-refractivity contribution in [2.24, 2.45) is 0 Å². The predicted molar refractivity (Wildman–Crippen MR) is 75.8 cm³/mol. The molecule has 116 valence electrons. The molecule has 8 nitrogen and oxygen atoms in total. The van der Waals surface area contributed by atoms with Crippen LogP contribution in [-0.4, -0.2) is 29.5 Å². The summed E-state index contributed by atoms with van der Waals surface area (Å²) in [5, 5.41) is 23.1. The molecule has 9 heteroatoms. The fraction of sp³-hybridized carbons (Fsp3) is 0.231. The quantitative estimate of drug-likeness (QED) is 0.583. The monoisotopic (exact) mass is 323 g/mol. The van der Waals surface area contributed by atoms with Crippen molar-refractivity contribution in [1.82, 2.24) is 10.6 Å². The molecule has 0 saturated carbocycles. The second-order valence-corrected chi connectivity index (χ2v) is 6.22. The van der Waals surface area contributed by atoms with E-state index in [1.165, 1.54) is 31.2 Å². The Kier molecular flexibility index (Phi) is 4.18. The molecule has 1 aliphatic rings. The number of nitrogens with zero attached hydrogens (tertiary/aromatic N) is 1. The molecular weight excluding hydrogens is 310 g/mol. The maximum Gasteiger partial charge on any atom is 0.335 e. The van der Waals surface area contributed by atoms with Crippen molar-refractivity contribution in [2.45, 2.75) is 18.5 Å². The normalized spacial score (nSPS) is 21.9. The number of hydrogen-bond donors (Lipinski definition) is 4. The second-order valence-electron chi connectivity index (χ2n) is 4.72. The van der Waals surface area contributed by atoms with E-state index in [9.17, 15) is 18.3 Å².